The van der Waals surface area contributed by atoms with Crippen molar-refractivity contribution in [3.8, 4) is 11.7 Å². The molecule has 0 aliphatic carbocycles. The van der Waals surface area contributed by atoms with Gasteiger partial charge < -0.3 is 8.83 Å². The molecule has 1 atom stereocenters. The summed E-state index contributed by atoms with van der Waals surface area (Å²) in [5.74, 6) is 1.77. The smallest absolute Gasteiger partial charge is 0.283 e. The van der Waals surface area contributed by atoms with Crippen molar-refractivity contribution in [1.29, 1.82) is 0 Å². The van der Waals surface area contributed by atoms with Crippen molar-refractivity contribution in [3.05, 3.63) is 24.3 Å². The summed E-state index contributed by atoms with van der Waals surface area (Å²) in [5.41, 5.74) is 0. The molecule has 0 unspecified atom stereocenters. The Balaban J connectivity index is 1.69. The minimum atomic E-state index is 0.463. The van der Waals surface area contributed by atoms with Crippen LogP contribution in [-0.2, 0) is 6.54 Å². The first-order chi connectivity index (χ1) is 9.36. The number of hydrogen-bond acceptors (Lipinski definition) is 5. The second kappa shape index (κ2) is 5.57. The molecular formula is C14H19N3O2. The first kappa shape index (κ1) is 12.4. The standard InChI is InChI=1S/C14H19N3O2/c1-2-11-6-3-4-8-17(11)10-13-15-16-14(19-13)12-7-5-9-18-12/h5,7,9,11H,2-4,6,8,10H2,1H3/t11-/m1/s1. The van der Waals surface area contributed by atoms with Crippen LogP contribution in [0.25, 0.3) is 11.7 Å². The molecule has 0 radical (unpaired) electrons. The molecule has 0 aromatic carbocycles. The van der Waals surface area contributed by atoms with Gasteiger partial charge in [0.25, 0.3) is 5.89 Å². The second-order valence-electron chi connectivity index (χ2n) is 5.01. The molecule has 1 fully saturated rings. The number of piperidine rings is 1. The van der Waals surface area contributed by atoms with Gasteiger partial charge >= 0.3 is 0 Å². The van der Waals surface area contributed by atoms with E-state index in [9.17, 15) is 0 Å². The highest BCUT2D eigenvalue weighted by molar-refractivity contribution is 5.42. The van der Waals surface area contributed by atoms with Gasteiger partial charge in [0.2, 0.25) is 5.89 Å². The van der Waals surface area contributed by atoms with Crippen molar-refractivity contribution < 1.29 is 8.83 Å². The van der Waals surface area contributed by atoms with E-state index < -0.39 is 0 Å². The summed E-state index contributed by atoms with van der Waals surface area (Å²) in [6.07, 6.45) is 6.65. The molecule has 3 rings (SSSR count). The molecule has 3 heterocycles. The molecule has 102 valence electrons. The third kappa shape index (κ3) is 2.71. The maximum atomic E-state index is 5.67. The van der Waals surface area contributed by atoms with Gasteiger partial charge in [-0.2, -0.15) is 0 Å². The van der Waals surface area contributed by atoms with Gasteiger partial charge in [-0.1, -0.05) is 13.3 Å². The van der Waals surface area contributed by atoms with Gasteiger partial charge in [-0.15, -0.1) is 10.2 Å². The average molecular weight is 261 g/mol. The lowest BCUT2D eigenvalue weighted by atomic mass is 10.0. The van der Waals surface area contributed by atoms with E-state index in [0.717, 1.165) is 13.1 Å². The Morgan fingerprint density at radius 1 is 1.37 bits per heavy atom. The largest absolute Gasteiger partial charge is 0.459 e. The highest BCUT2D eigenvalue weighted by atomic mass is 16.4. The predicted molar refractivity (Wildman–Crippen MR) is 70.3 cm³/mol. The van der Waals surface area contributed by atoms with E-state index in [0.29, 0.717) is 23.6 Å². The molecule has 0 saturated carbocycles. The van der Waals surface area contributed by atoms with E-state index in [1.54, 1.807) is 6.26 Å². The molecule has 0 N–H and O–H groups in total. The highest BCUT2D eigenvalue weighted by Gasteiger charge is 2.23. The molecule has 0 bridgehead atoms. The summed E-state index contributed by atoms with van der Waals surface area (Å²) in [6.45, 7) is 4.11. The molecule has 5 heteroatoms. The Hall–Kier alpha value is -1.62. The van der Waals surface area contributed by atoms with E-state index >= 15 is 0 Å². The topological polar surface area (TPSA) is 55.3 Å². The highest BCUT2D eigenvalue weighted by Crippen LogP contribution is 2.23. The minimum absolute atomic E-state index is 0.463. The molecule has 19 heavy (non-hydrogen) atoms. The van der Waals surface area contributed by atoms with Gasteiger partial charge in [0, 0.05) is 6.04 Å². The van der Waals surface area contributed by atoms with Crippen molar-refractivity contribution in [3.63, 3.8) is 0 Å². The summed E-state index contributed by atoms with van der Waals surface area (Å²) in [5, 5.41) is 8.15. The molecule has 5 nitrogen and oxygen atoms in total. The fourth-order valence-corrected chi connectivity index (χ4v) is 2.72. The summed E-state index contributed by atoms with van der Waals surface area (Å²) in [6, 6.07) is 4.29. The van der Waals surface area contributed by atoms with Crippen LogP contribution in [0.4, 0.5) is 0 Å². The van der Waals surface area contributed by atoms with Gasteiger partial charge in [0.1, 0.15) is 0 Å². The zero-order valence-electron chi connectivity index (χ0n) is 11.2. The van der Waals surface area contributed by atoms with Crippen LogP contribution in [0.15, 0.2) is 27.2 Å². The average Bonchev–Trinajstić information content (AvgIpc) is 3.09. The number of hydrogen-bond donors (Lipinski definition) is 0. The molecular weight excluding hydrogens is 242 g/mol. The first-order valence-corrected chi connectivity index (χ1v) is 6.97. The molecule has 0 spiro atoms. The van der Waals surface area contributed by atoms with Gasteiger partial charge in [-0.3, -0.25) is 4.90 Å². The van der Waals surface area contributed by atoms with E-state index in [1.165, 1.54) is 25.7 Å². The van der Waals surface area contributed by atoms with Gasteiger partial charge in [-0.05, 0) is 37.9 Å². The fourth-order valence-electron chi connectivity index (χ4n) is 2.72. The van der Waals surface area contributed by atoms with Crippen LogP contribution in [0.1, 0.15) is 38.5 Å². The molecule has 1 saturated heterocycles. The van der Waals surface area contributed by atoms with Crippen molar-refractivity contribution in [2.45, 2.75) is 45.2 Å². The van der Waals surface area contributed by atoms with Crippen LogP contribution < -0.4 is 0 Å². The van der Waals surface area contributed by atoms with Crippen LogP contribution in [0.2, 0.25) is 0 Å². The Labute approximate surface area is 112 Å². The van der Waals surface area contributed by atoms with E-state index in [1.807, 2.05) is 12.1 Å². The lowest BCUT2D eigenvalue weighted by Gasteiger charge is -2.33. The first-order valence-electron chi connectivity index (χ1n) is 6.97. The Kier molecular flexibility index (Phi) is 3.64. The molecule has 1 aliphatic heterocycles. The van der Waals surface area contributed by atoms with E-state index in [2.05, 4.69) is 22.0 Å². The van der Waals surface area contributed by atoms with Gasteiger partial charge in [0.15, 0.2) is 5.76 Å². The van der Waals surface area contributed by atoms with Crippen molar-refractivity contribution >= 4 is 0 Å². The van der Waals surface area contributed by atoms with Crippen LogP contribution in [0, 0.1) is 0 Å². The summed E-state index contributed by atoms with van der Waals surface area (Å²) in [4.78, 5) is 2.45. The number of furan rings is 1. The lowest BCUT2D eigenvalue weighted by Crippen LogP contribution is -2.38. The Morgan fingerprint density at radius 2 is 2.32 bits per heavy atom. The second-order valence-corrected chi connectivity index (χ2v) is 5.01. The van der Waals surface area contributed by atoms with Gasteiger partial charge in [-0.25, -0.2) is 0 Å². The zero-order chi connectivity index (χ0) is 13.1. The van der Waals surface area contributed by atoms with Crippen molar-refractivity contribution in [2.24, 2.45) is 0 Å². The maximum absolute atomic E-state index is 5.67. The fraction of sp³-hybridized carbons (Fsp3) is 0.571. The predicted octanol–water partition coefficient (Wildman–Crippen LogP) is 3.09. The summed E-state index contributed by atoms with van der Waals surface area (Å²) >= 11 is 0. The number of rotatable bonds is 4. The van der Waals surface area contributed by atoms with Gasteiger partial charge in [0.05, 0.1) is 12.8 Å². The summed E-state index contributed by atoms with van der Waals surface area (Å²) in [7, 11) is 0. The summed E-state index contributed by atoms with van der Waals surface area (Å²) < 4.78 is 10.9. The van der Waals surface area contributed by atoms with Crippen LogP contribution in [0.3, 0.4) is 0 Å². The normalized spacial score (nSPS) is 20.8. The number of nitrogens with zero attached hydrogens (tertiary/aromatic N) is 3. The maximum Gasteiger partial charge on any atom is 0.283 e. The van der Waals surface area contributed by atoms with Crippen LogP contribution in [-0.4, -0.2) is 27.7 Å². The van der Waals surface area contributed by atoms with E-state index in [-0.39, 0.29) is 0 Å². The Bertz CT molecular complexity index is 507. The van der Waals surface area contributed by atoms with Crippen LogP contribution in [0.5, 0.6) is 0 Å². The van der Waals surface area contributed by atoms with Crippen LogP contribution >= 0.6 is 0 Å². The quantitative estimate of drug-likeness (QED) is 0.846. The molecule has 2 aromatic rings. The Morgan fingerprint density at radius 3 is 3.11 bits per heavy atom. The molecule has 1 aliphatic rings. The molecule has 2 aromatic heterocycles. The lowest BCUT2D eigenvalue weighted by molar-refractivity contribution is 0.124. The number of aromatic nitrogens is 2. The van der Waals surface area contributed by atoms with E-state index in [4.69, 9.17) is 8.83 Å². The third-order valence-electron chi connectivity index (χ3n) is 3.76. The molecule has 0 amide bonds. The zero-order valence-corrected chi connectivity index (χ0v) is 11.2. The third-order valence-corrected chi connectivity index (χ3v) is 3.76. The SMILES string of the molecule is CC[C@@H]1CCCCN1Cc1nnc(-c2ccco2)o1. The van der Waals surface area contributed by atoms with Crippen molar-refractivity contribution in [2.75, 3.05) is 6.54 Å². The minimum Gasteiger partial charge on any atom is -0.459 e. The monoisotopic (exact) mass is 261 g/mol. The van der Waals surface area contributed by atoms with Crippen molar-refractivity contribution in [1.82, 2.24) is 15.1 Å². The number of likely N-dealkylation sites (tertiary alicyclic amines) is 1.